The van der Waals surface area contributed by atoms with Crippen LogP contribution in [0.3, 0.4) is 0 Å². The summed E-state index contributed by atoms with van der Waals surface area (Å²) in [5, 5.41) is 5.73. The maximum Gasteiger partial charge on any atom is 0.0954 e. The van der Waals surface area contributed by atoms with Crippen molar-refractivity contribution in [2.24, 2.45) is 0 Å². The molecule has 1 unspecified atom stereocenters. The maximum atomic E-state index is 6.11. The third-order valence-electron chi connectivity index (χ3n) is 3.06. The third-order valence-corrected chi connectivity index (χ3v) is 5.75. The monoisotopic (exact) mass is 397 g/mol. The number of aryl methyl sites for hydroxylation is 1. The Labute approximate surface area is 145 Å². The predicted octanol–water partition coefficient (Wildman–Crippen LogP) is 6.74. The van der Waals surface area contributed by atoms with E-state index >= 15 is 0 Å². The Hall–Kier alpha value is -0.810. The van der Waals surface area contributed by atoms with Crippen molar-refractivity contribution in [2.45, 2.75) is 13.0 Å². The molecular weight excluding hydrogens is 386 g/mol. The molecule has 1 atom stereocenters. The molecule has 21 heavy (non-hydrogen) atoms. The van der Waals surface area contributed by atoms with Crippen molar-refractivity contribution in [1.29, 1.82) is 0 Å². The van der Waals surface area contributed by atoms with Crippen LogP contribution in [-0.2, 0) is 0 Å². The summed E-state index contributed by atoms with van der Waals surface area (Å²) in [6.07, 6.45) is 0. The first-order chi connectivity index (χ1) is 10.1. The largest absolute Gasteiger partial charge is 0.373 e. The Bertz CT molecular complexity index is 716. The highest BCUT2D eigenvalue weighted by Gasteiger charge is 2.17. The molecule has 0 radical (unpaired) electrons. The zero-order valence-electron chi connectivity index (χ0n) is 11.3. The number of halogens is 2. The zero-order valence-corrected chi connectivity index (χ0v) is 15.2. The molecule has 0 aliphatic rings. The van der Waals surface area contributed by atoms with E-state index in [1.807, 2.05) is 6.07 Å². The molecule has 1 aromatic carbocycles. The van der Waals surface area contributed by atoms with Crippen molar-refractivity contribution in [1.82, 2.24) is 0 Å². The number of nitrogens with one attached hydrogen (secondary N) is 1. The van der Waals surface area contributed by atoms with Crippen molar-refractivity contribution >= 4 is 55.9 Å². The third kappa shape index (κ3) is 3.69. The van der Waals surface area contributed by atoms with Crippen LogP contribution >= 0.6 is 50.2 Å². The van der Waals surface area contributed by atoms with Crippen molar-refractivity contribution in [3.05, 3.63) is 72.0 Å². The van der Waals surface area contributed by atoms with Gasteiger partial charge in [0.25, 0.3) is 0 Å². The Balaban J connectivity index is 1.96. The van der Waals surface area contributed by atoms with Crippen molar-refractivity contribution < 1.29 is 0 Å². The van der Waals surface area contributed by atoms with Gasteiger partial charge >= 0.3 is 0 Å². The molecule has 0 aliphatic heterocycles. The van der Waals surface area contributed by atoms with Crippen LogP contribution in [0.1, 0.15) is 21.4 Å². The van der Waals surface area contributed by atoms with Gasteiger partial charge < -0.3 is 5.32 Å². The summed E-state index contributed by atoms with van der Waals surface area (Å²) in [5.41, 5.74) is 2.32. The molecular formula is C16H13BrClNS2. The van der Waals surface area contributed by atoms with Crippen LogP contribution in [0, 0.1) is 6.92 Å². The van der Waals surface area contributed by atoms with Gasteiger partial charge in [-0.05, 0) is 54.3 Å². The molecule has 0 aliphatic carbocycles. The SMILES string of the molecule is Cc1cc(Br)cc(NC(c2cccs2)c2ccc(Cl)s2)c1. The summed E-state index contributed by atoms with van der Waals surface area (Å²) in [6, 6.07) is 14.8. The van der Waals surface area contributed by atoms with E-state index in [4.69, 9.17) is 11.6 Å². The van der Waals surface area contributed by atoms with E-state index in [1.54, 1.807) is 22.7 Å². The Morgan fingerprint density at radius 2 is 2.00 bits per heavy atom. The number of thiophene rings is 2. The van der Waals surface area contributed by atoms with Crippen LogP contribution < -0.4 is 5.32 Å². The minimum absolute atomic E-state index is 0.135. The molecule has 5 heteroatoms. The average molecular weight is 399 g/mol. The molecule has 108 valence electrons. The number of rotatable bonds is 4. The van der Waals surface area contributed by atoms with Gasteiger partial charge in [-0.15, -0.1) is 22.7 Å². The van der Waals surface area contributed by atoms with Gasteiger partial charge in [-0.25, -0.2) is 0 Å². The minimum Gasteiger partial charge on any atom is -0.373 e. The van der Waals surface area contributed by atoms with Crippen molar-refractivity contribution in [2.75, 3.05) is 5.32 Å². The van der Waals surface area contributed by atoms with Crippen LogP contribution in [0.15, 0.2) is 52.3 Å². The Morgan fingerprint density at radius 1 is 1.14 bits per heavy atom. The quantitative estimate of drug-likeness (QED) is 0.513. The number of hydrogen-bond donors (Lipinski definition) is 1. The van der Waals surface area contributed by atoms with Crippen LogP contribution in [-0.4, -0.2) is 0 Å². The summed E-state index contributed by atoms with van der Waals surface area (Å²) in [7, 11) is 0. The summed E-state index contributed by atoms with van der Waals surface area (Å²) in [4.78, 5) is 2.51. The molecule has 2 aromatic heterocycles. The van der Waals surface area contributed by atoms with Gasteiger partial charge in [0, 0.05) is 19.9 Å². The Morgan fingerprint density at radius 3 is 2.62 bits per heavy atom. The van der Waals surface area contributed by atoms with Gasteiger partial charge in [0.1, 0.15) is 0 Å². The molecule has 2 heterocycles. The second kappa shape index (κ2) is 6.53. The summed E-state index contributed by atoms with van der Waals surface area (Å²) in [6.45, 7) is 2.10. The van der Waals surface area contributed by atoms with E-state index < -0.39 is 0 Å². The standard InChI is InChI=1S/C16H13BrClNS2/c1-10-7-11(17)9-12(8-10)19-16(13-3-2-6-20-13)14-4-5-15(18)21-14/h2-9,16,19H,1H3. The number of anilines is 1. The highest BCUT2D eigenvalue weighted by Crippen LogP contribution is 2.36. The van der Waals surface area contributed by atoms with E-state index in [0.717, 1.165) is 14.5 Å². The second-order valence-corrected chi connectivity index (χ2v) is 8.39. The number of hydrogen-bond acceptors (Lipinski definition) is 3. The first-order valence-electron chi connectivity index (χ1n) is 6.44. The lowest BCUT2D eigenvalue weighted by Crippen LogP contribution is -2.09. The molecule has 0 spiro atoms. The predicted molar refractivity (Wildman–Crippen MR) is 98.0 cm³/mol. The van der Waals surface area contributed by atoms with Crippen LogP contribution in [0.25, 0.3) is 0 Å². The fourth-order valence-electron chi connectivity index (χ4n) is 2.21. The lowest BCUT2D eigenvalue weighted by molar-refractivity contribution is 0.992. The summed E-state index contributed by atoms with van der Waals surface area (Å²) in [5.74, 6) is 0. The maximum absolute atomic E-state index is 6.11. The van der Waals surface area contributed by atoms with Gasteiger partial charge in [-0.1, -0.05) is 33.6 Å². The smallest absolute Gasteiger partial charge is 0.0954 e. The first-order valence-corrected chi connectivity index (χ1v) is 9.31. The average Bonchev–Trinajstić information content (AvgIpc) is 3.06. The highest BCUT2D eigenvalue weighted by atomic mass is 79.9. The fourth-order valence-corrected chi connectivity index (χ4v) is 4.81. The van der Waals surface area contributed by atoms with Gasteiger partial charge in [0.15, 0.2) is 0 Å². The van der Waals surface area contributed by atoms with E-state index in [0.29, 0.717) is 0 Å². The van der Waals surface area contributed by atoms with E-state index in [-0.39, 0.29) is 6.04 Å². The van der Waals surface area contributed by atoms with Gasteiger partial charge in [0.05, 0.1) is 10.4 Å². The van der Waals surface area contributed by atoms with Gasteiger partial charge in [-0.2, -0.15) is 0 Å². The van der Waals surface area contributed by atoms with Gasteiger partial charge in [0.2, 0.25) is 0 Å². The van der Waals surface area contributed by atoms with Crippen LogP contribution in [0.2, 0.25) is 4.34 Å². The summed E-state index contributed by atoms with van der Waals surface area (Å²) >= 11 is 13.0. The topological polar surface area (TPSA) is 12.0 Å². The van der Waals surface area contributed by atoms with Crippen LogP contribution in [0.5, 0.6) is 0 Å². The molecule has 3 aromatic rings. The normalized spacial score (nSPS) is 12.3. The lowest BCUT2D eigenvalue weighted by atomic mass is 10.1. The first kappa shape index (κ1) is 15.1. The van der Waals surface area contributed by atoms with E-state index in [1.165, 1.54) is 15.3 Å². The molecule has 0 amide bonds. The summed E-state index contributed by atoms with van der Waals surface area (Å²) < 4.78 is 1.90. The Kier molecular flexibility index (Phi) is 4.69. The van der Waals surface area contributed by atoms with Crippen molar-refractivity contribution in [3.63, 3.8) is 0 Å². The molecule has 3 rings (SSSR count). The lowest BCUT2D eigenvalue weighted by Gasteiger charge is -2.18. The van der Waals surface area contributed by atoms with Gasteiger partial charge in [-0.3, -0.25) is 0 Å². The molecule has 0 fully saturated rings. The number of benzene rings is 1. The fraction of sp³-hybridized carbons (Fsp3) is 0.125. The van der Waals surface area contributed by atoms with E-state index in [2.05, 4.69) is 69.9 Å². The molecule has 0 bridgehead atoms. The highest BCUT2D eigenvalue weighted by molar-refractivity contribution is 9.10. The molecule has 1 N–H and O–H groups in total. The molecule has 1 nitrogen and oxygen atoms in total. The second-order valence-electron chi connectivity index (χ2n) is 4.75. The zero-order chi connectivity index (χ0) is 14.8. The minimum atomic E-state index is 0.135. The molecule has 0 saturated heterocycles. The van der Waals surface area contributed by atoms with E-state index in [9.17, 15) is 0 Å². The van der Waals surface area contributed by atoms with Crippen molar-refractivity contribution in [3.8, 4) is 0 Å². The molecule has 0 saturated carbocycles. The van der Waals surface area contributed by atoms with Crippen LogP contribution in [0.4, 0.5) is 5.69 Å².